The molecule has 0 saturated heterocycles. The first kappa shape index (κ1) is 38.7. The zero-order valence-electron chi connectivity index (χ0n) is 30.8. The van der Waals surface area contributed by atoms with Gasteiger partial charge in [0.1, 0.15) is 22.1 Å². The number of alkyl halides is 3. The molecule has 5 aromatic carbocycles. The Kier molecular flexibility index (Phi) is 10.8. The second kappa shape index (κ2) is 15.9. The molecule has 0 saturated carbocycles. The fourth-order valence-corrected chi connectivity index (χ4v) is 8.40. The molecule has 2 heterocycles. The van der Waals surface area contributed by atoms with Crippen molar-refractivity contribution in [3.8, 4) is 39.8 Å². The second-order valence-electron chi connectivity index (χ2n) is 13.0. The zero-order valence-corrected chi connectivity index (χ0v) is 31.7. The van der Waals surface area contributed by atoms with E-state index in [9.17, 15) is 5.21 Å². The molecule has 0 aliphatic rings. The number of sulfonamides is 1. The molecule has 0 bridgehead atoms. The van der Waals surface area contributed by atoms with Crippen LogP contribution in [0.5, 0.6) is 17.2 Å². The van der Waals surface area contributed by atoms with Crippen LogP contribution in [0.15, 0.2) is 126 Å². The Bertz CT molecular complexity index is 2590. The maximum Gasteiger partial charge on any atom is 0.417 e. The molecule has 0 amide bonds. The molecule has 57 heavy (non-hydrogen) atoms. The molecule has 292 valence electrons. The molecule has 7 rings (SSSR count). The number of hydrogen-bond acceptors (Lipinski definition) is 9. The van der Waals surface area contributed by atoms with Gasteiger partial charge in [-0.05, 0) is 86.8 Å². The highest BCUT2D eigenvalue weighted by Gasteiger charge is 2.43. The van der Waals surface area contributed by atoms with Crippen molar-refractivity contribution in [1.29, 1.82) is 0 Å². The lowest BCUT2D eigenvalue weighted by molar-refractivity contribution is -0.603. The molecule has 0 spiro atoms. The minimum atomic E-state index is -5.15. The predicted octanol–water partition coefficient (Wildman–Crippen LogP) is 7.28. The number of rotatable bonds is 13. The second-order valence-corrected chi connectivity index (χ2v) is 14.8. The first-order valence-corrected chi connectivity index (χ1v) is 18.8. The lowest BCUT2D eigenvalue weighted by atomic mass is 9.93. The molecule has 0 atom stereocenters. The standard InChI is InChI=1S/C41H35F3N6O6S/c1-54-31-13-7-27(8-14-31)23-49(24-28-9-15-32(55-2)16-10-28)57(52,53)39-37(41(42,43)44)20-19-36(35-6-4-5-30-26-48(51)22-21-34(30)35)38(39)40-45-46-47-50(40)25-29-11-17-33(56-3)18-12-29/h4-22,26H,23-25H2,1-3H3. The van der Waals surface area contributed by atoms with Crippen LogP contribution in [0.2, 0.25) is 0 Å². The molecule has 12 nitrogen and oxygen atoms in total. The van der Waals surface area contributed by atoms with E-state index in [-0.39, 0.29) is 36.6 Å². The Morgan fingerprint density at radius 1 is 0.737 bits per heavy atom. The van der Waals surface area contributed by atoms with Crippen LogP contribution in [0.1, 0.15) is 22.3 Å². The summed E-state index contributed by atoms with van der Waals surface area (Å²) < 4.78 is 95.8. The average molecular weight is 797 g/mol. The number of halogens is 3. The van der Waals surface area contributed by atoms with Gasteiger partial charge in [-0.25, -0.2) is 13.1 Å². The van der Waals surface area contributed by atoms with Gasteiger partial charge in [0.05, 0.1) is 33.4 Å². The summed E-state index contributed by atoms with van der Waals surface area (Å²) in [5, 5.41) is 25.4. The molecule has 0 fully saturated rings. The number of ether oxygens (including phenoxy) is 3. The number of hydrogen-bond donors (Lipinski definition) is 0. The molecule has 16 heteroatoms. The highest BCUT2D eigenvalue weighted by atomic mass is 32.2. The number of methoxy groups -OCH3 is 3. The molecule has 0 aliphatic carbocycles. The number of fused-ring (bicyclic) bond motifs is 1. The maximum absolute atomic E-state index is 15.4. The number of aromatic nitrogens is 5. The van der Waals surface area contributed by atoms with Crippen LogP contribution in [0.3, 0.4) is 0 Å². The van der Waals surface area contributed by atoms with Gasteiger partial charge >= 0.3 is 6.18 Å². The van der Waals surface area contributed by atoms with Gasteiger partial charge < -0.3 is 19.4 Å². The van der Waals surface area contributed by atoms with Gasteiger partial charge in [-0.3, -0.25) is 0 Å². The molecule has 0 aliphatic heterocycles. The third-order valence-corrected chi connectivity index (χ3v) is 11.3. The first-order valence-electron chi connectivity index (χ1n) is 17.4. The van der Waals surface area contributed by atoms with E-state index in [1.54, 1.807) is 91.0 Å². The summed E-state index contributed by atoms with van der Waals surface area (Å²) in [7, 11) is -0.630. The number of tetrazole rings is 1. The smallest absolute Gasteiger partial charge is 0.417 e. The molecule has 0 N–H and O–H groups in total. The van der Waals surface area contributed by atoms with E-state index < -0.39 is 26.7 Å². The van der Waals surface area contributed by atoms with Gasteiger partial charge in [0, 0.05) is 35.5 Å². The predicted molar refractivity (Wildman–Crippen MR) is 205 cm³/mol. The van der Waals surface area contributed by atoms with Crippen molar-refractivity contribution in [2.24, 2.45) is 0 Å². The molecule has 7 aromatic rings. The topological polar surface area (TPSA) is 136 Å². The monoisotopic (exact) mass is 796 g/mol. The Morgan fingerprint density at radius 3 is 1.84 bits per heavy atom. The summed E-state index contributed by atoms with van der Waals surface area (Å²) in [5.74, 6) is 1.37. The van der Waals surface area contributed by atoms with Crippen molar-refractivity contribution in [2.45, 2.75) is 30.7 Å². The fraction of sp³-hybridized carbons (Fsp3) is 0.171. The zero-order chi connectivity index (χ0) is 40.3. The average Bonchev–Trinajstić information content (AvgIpc) is 3.67. The largest absolute Gasteiger partial charge is 0.619 e. The third kappa shape index (κ3) is 8.08. The van der Waals surface area contributed by atoms with Gasteiger partial charge in [-0.2, -0.15) is 22.2 Å². The van der Waals surface area contributed by atoms with Crippen molar-refractivity contribution in [1.82, 2.24) is 24.5 Å². The summed E-state index contributed by atoms with van der Waals surface area (Å²) in [6.07, 6.45) is -2.57. The van der Waals surface area contributed by atoms with Crippen molar-refractivity contribution < 1.29 is 40.5 Å². The minimum Gasteiger partial charge on any atom is -0.619 e. The molecular weight excluding hydrogens is 762 g/mol. The van der Waals surface area contributed by atoms with Crippen LogP contribution in [-0.2, 0) is 35.8 Å². The van der Waals surface area contributed by atoms with Gasteiger partial charge in [0.25, 0.3) is 0 Å². The highest BCUT2D eigenvalue weighted by Crippen LogP contribution is 2.46. The van der Waals surface area contributed by atoms with Crippen LogP contribution >= 0.6 is 0 Å². The van der Waals surface area contributed by atoms with E-state index in [0.717, 1.165) is 10.4 Å². The van der Waals surface area contributed by atoms with E-state index in [0.29, 0.717) is 55.0 Å². The summed E-state index contributed by atoms with van der Waals surface area (Å²) in [6, 6.07) is 28.5. The number of benzene rings is 5. The van der Waals surface area contributed by atoms with Gasteiger partial charge in [-0.15, -0.1) is 5.10 Å². The van der Waals surface area contributed by atoms with Gasteiger partial charge in [0.15, 0.2) is 18.2 Å². The summed E-state index contributed by atoms with van der Waals surface area (Å²) in [4.78, 5) is -1.04. The van der Waals surface area contributed by atoms with Crippen molar-refractivity contribution in [3.05, 3.63) is 149 Å². The lowest BCUT2D eigenvalue weighted by Gasteiger charge is -2.27. The molecule has 2 aromatic heterocycles. The third-order valence-electron chi connectivity index (χ3n) is 9.43. The van der Waals surface area contributed by atoms with Crippen LogP contribution in [-0.4, -0.2) is 54.3 Å². The maximum atomic E-state index is 15.4. The highest BCUT2D eigenvalue weighted by molar-refractivity contribution is 7.89. The normalized spacial score (nSPS) is 11.9. The first-order chi connectivity index (χ1) is 27.4. The van der Waals surface area contributed by atoms with Crippen molar-refractivity contribution in [2.75, 3.05) is 21.3 Å². The van der Waals surface area contributed by atoms with E-state index >= 15 is 21.6 Å². The lowest BCUT2D eigenvalue weighted by Crippen LogP contribution is -2.32. The summed E-state index contributed by atoms with van der Waals surface area (Å²) >= 11 is 0. The van der Waals surface area contributed by atoms with E-state index in [2.05, 4.69) is 15.5 Å². The fourth-order valence-electron chi connectivity index (χ4n) is 6.58. The quantitative estimate of drug-likeness (QED) is 0.0872. The molecule has 0 radical (unpaired) electrons. The molecule has 0 unspecified atom stereocenters. The van der Waals surface area contributed by atoms with Crippen LogP contribution < -0.4 is 18.9 Å². The van der Waals surface area contributed by atoms with E-state index in [4.69, 9.17) is 14.2 Å². The Balaban J connectivity index is 1.51. The minimum absolute atomic E-state index is 0.0331. The summed E-state index contributed by atoms with van der Waals surface area (Å²) in [5.41, 5.74) is 0.302. The SMILES string of the molecule is COc1ccc(CN(Cc2ccc(OC)cc2)S(=O)(=O)c2c(C(F)(F)F)ccc(-c3cccc4c[n+]([O-])ccc34)c2-c2nnnn2Cc2ccc(OC)cc2)cc1. The van der Waals surface area contributed by atoms with Crippen LogP contribution in [0, 0.1) is 5.21 Å². The van der Waals surface area contributed by atoms with Gasteiger partial charge in [-0.1, -0.05) is 54.6 Å². The summed E-state index contributed by atoms with van der Waals surface area (Å²) in [6.45, 7) is -0.656. The Hall–Kier alpha value is -6.52. The number of nitrogens with zero attached hydrogens (tertiary/aromatic N) is 6. The molecular formula is C41H35F3N6O6S. The van der Waals surface area contributed by atoms with Crippen LogP contribution in [0.4, 0.5) is 13.2 Å². The Morgan fingerprint density at radius 2 is 1.30 bits per heavy atom. The van der Waals surface area contributed by atoms with E-state index in [1.807, 2.05) is 0 Å². The van der Waals surface area contributed by atoms with Crippen LogP contribution in [0.25, 0.3) is 33.3 Å². The van der Waals surface area contributed by atoms with Crippen molar-refractivity contribution in [3.63, 3.8) is 0 Å². The van der Waals surface area contributed by atoms with Gasteiger partial charge in [0.2, 0.25) is 10.0 Å². The van der Waals surface area contributed by atoms with E-state index in [1.165, 1.54) is 50.5 Å². The van der Waals surface area contributed by atoms with Crippen molar-refractivity contribution >= 4 is 20.8 Å². The number of pyridine rings is 1. The Labute approximate surface area is 325 Å².